The fraction of sp³-hybridized carbons (Fsp3) is 0.778. The van der Waals surface area contributed by atoms with Gasteiger partial charge in [0.15, 0.2) is 5.78 Å². The first-order valence-electron chi connectivity index (χ1n) is 4.34. The zero-order valence-corrected chi connectivity index (χ0v) is 8.96. The van der Waals surface area contributed by atoms with Crippen molar-refractivity contribution >= 4 is 11.8 Å². The Morgan fingerprint density at radius 1 is 1.50 bits per heavy atom. The highest BCUT2D eigenvalue weighted by molar-refractivity contribution is 5.82. The summed E-state index contributed by atoms with van der Waals surface area (Å²) in [6.07, 6.45) is 0. The quantitative estimate of drug-likeness (QED) is 0.588. The van der Waals surface area contributed by atoms with E-state index >= 15 is 0 Å². The second kappa shape index (κ2) is 5.07. The van der Waals surface area contributed by atoms with Gasteiger partial charge in [0.25, 0.3) is 0 Å². The van der Waals surface area contributed by atoms with Gasteiger partial charge in [-0.1, -0.05) is 0 Å². The van der Waals surface area contributed by atoms with Gasteiger partial charge in [-0.3, -0.25) is 9.59 Å². The van der Waals surface area contributed by atoms with Gasteiger partial charge >= 0.3 is 5.97 Å². The summed E-state index contributed by atoms with van der Waals surface area (Å²) in [6, 6.07) is -0.832. The number of ketones is 1. The van der Waals surface area contributed by atoms with Crippen molar-refractivity contribution in [1.82, 2.24) is 5.32 Å². The van der Waals surface area contributed by atoms with Crippen LogP contribution in [0.25, 0.3) is 0 Å². The molecule has 0 radical (unpaired) electrons. The Labute approximate surface area is 83.4 Å². The molecule has 0 aliphatic carbocycles. The van der Waals surface area contributed by atoms with Crippen LogP contribution in [0.1, 0.15) is 20.8 Å². The standard InChI is InChI=1S/C9H17NO4/c1-6(11)5-14-8(12)7(10-4)9(2,3)13/h7,10,13H,5H2,1-4H3/t7-/m1/s1. The number of likely N-dealkylation sites (N-methyl/N-ethyl adjacent to an activating group) is 1. The highest BCUT2D eigenvalue weighted by Gasteiger charge is 2.33. The number of hydrogen-bond donors (Lipinski definition) is 2. The molecule has 0 saturated carbocycles. The summed E-state index contributed by atoms with van der Waals surface area (Å²) in [7, 11) is 1.54. The van der Waals surface area contributed by atoms with Crippen LogP contribution >= 0.6 is 0 Å². The first-order valence-corrected chi connectivity index (χ1v) is 4.34. The molecule has 0 aliphatic heterocycles. The molecular formula is C9H17NO4. The van der Waals surface area contributed by atoms with E-state index in [1.165, 1.54) is 27.8 Å². The van der Waals surface area contributed by atoms with Gasteiger partial charge < -0.3 is 15.2 Å². The topological polar surface area (TPSA) is 75.6 Å². The minimum absolute atomic E-state index is 0.232. The summed E-state index contributed by atoms with van der Waals surface area (Å²) in [4.78, 5) is 21.9. The van der Waals surface area contributed by atoms with Gasteiger partial charge in [0.1, 0.15) is 12.6 Å². The van der Waals surface area contributed by atoms with Crippen molar-refractivity contribution in [2.75, 3.05) is 13.7 Å². The molecule has 5 nitrogen and oxygen atoms in total. The Morgan fingerprint density at radius 2 is 2.00 bits per heavy atom. The monoisotopic (exact) mass is 203 g/mol. The van der Waals surface area contributed by atoms with Crippen LogP contribution in [0.15, 0.2) is 0 Å². The zero-order chi connectivity index (χ0) is 11.4. The van der Waals surface area contributed by atoms with Gasteiger partial charge in [-0.2, -0.15) is 0 Å². The normalized spacial score (nSPS) is 13.5. The maximum absolute atomic E-state index is 11.3. The third-order valence-corrected chi connectivity index (χ3v) is 1.65. The molecule has 0 spiro atoms. The Balaban J connectivity index is 4.26. The SMILES string of the molecule is CN[C@H](C(=O)OCC(C)=O)C(C)(C)O. The lowest BCUT2D eigenvalue weighted by molar-refractivity contribution is -0.154. The smallest absolute Gasteiger partial charge is 0.326 e. The number of ether oxygens (including phenoxy) is 1. The van der Waals surface area contributed by atoms with Crippen molar-refractivity contribution in [3.63, 3.8) is 0 Å². The molecule has 0 fully saturated rings. The average Bonchev–Trinajstić information content (AvgIpc) is 1.99. The van der Waals surface area contributed by atoms with E-state index in [-0.39, 0.29) is 12.4 Å². The van der Waals surface area contributed by atoms with E-state index in [2.05, 4.69) is 10.1 Å². The van der Waals surface area contributed by atoms with Crippen LogP contribution in [0.5, 0.6) is 0 Å². The summed E-state index contributed by atoms with van der Waals surface area (Å²) in [6.45, 7) is 4.05. The molecule has 1 atom stereocenters. The summed E-state index contributed by atoms with van der Waals surface area (Å²) < 4.78 is 4.67. The van der Waals surface area contributed by atoms with E-state index in [4.69, 9.17) is 0 Å². The van der Waals surface area contributed by atoms with Crippen molar-refractivity contribution in [3.8, 4) is 0 Å². The molecule has 14 heavy (non-hydrogen) atoms. The largest absolute Gasteiger partial charge is 0.456 e. The van der Waals surface area contributed by atoms with Crippen molar-refractivity contribution in [3.05, 3.63) is 0 Å². The van der Waals surface area contributed by atoms with E-state index < -0.39 is 17.6 Å². The van der Waals surface area contributed by atoms with E-state index in [1.807, 2.05) is 0 Å². The molecule has 0 saturated heterocycles. The van der Waals surface area contributed by atoms with E-state index in [0.717, 1.165) is 0 Å². The molecule has 0 aromatic heterocycles. The van der Waals surface area contributed by atoms with Gasteiger partial charge in [-0.15, -0.1) is 0 Å². The Hall–Kier alpha value is -0.940. The number of carbonyl (C=O) groups excluding carboxylic acids is 2. The fourth-order valence-corrected chi connectivity index (χ4v) is 1.02. The van der Waals surface area contributed by atoms with Gasteiger partial charge in [0.2, 0.25) is 0 Å². The molecule has 0 bridgehead atoms. The fourth-order valence-electron chi connectivity index (χ4n) is 1.02. The van der Waals surface area contributed by atoms with Gasteiger partial charge in [-0.25, -0.2) is 0 Å². The van der Waals surface area contributed by atoms with Crippen molar-refractivity contribution < 1.29 is 19.4 Å². The van der Waals surface area contributed by atoms with Crippen LogP contribution in [0, 0.1) is 0 Å². The average molecular weight is 203 g/mol. The lowest BCUT2D eigenvalue weighted by Gasteiger charge is -2.26. The van der Waals surface area contributed by atoms with E-state index in [0.29, 0.717) is 0 Å². The zero-order valence-electron chi connectivity index (χ0n) is 8.96. The second-order valence-corrected chi connectivity index (χ2v) is 3.69. The molecule has 5 heteroatoms. The van der Waals surface area contributed by atoms with Crippen LogP contribution in [0.4, 0.5) is 0 Å². The van der Waals surface area contributed by atoms with Crippen molar-refractivity contribution in [1.29, 1.82) is 0 Å². The summed E-state index contributed by atoms with van der Waals surface area (Å²) in [5, 5.41) is 12.2. The van der Waals surface area contributed by atoms with Crippen molar-refractivity contribution in [2.24, 2.45) is 0 Å². The van der Waals surface area contributed by atoms with Crippen LogP contribution in [-0.4, -0.2) is 42.2 Å². The van der Waals surface area contributed by atoms with Crippen molar-refractivity contribution in [2.45, 2.75) is 32.4 Å². The number of carbonyl (C=O) groups is 2. The van der Waals surface area contributed by atoms with E-state index in [1.54, 1.807) is 0 Å². The van der Waals surface area contributed by atoms with Gasteiger partial charge in [0, 0.05) is 0 Å². The highest BCUT2D eigenvalue weighted by atomic mass is 16.5. The summed E-state index contributed by atoms with van der Waals surface area (Å²) in [5.74, 6) is -0.862. The predicted molar refractivity (Wildman–Crippen MR) is 50.8 cm³/mol. The molecule has 0 aromatic carbocycles. The lowest BCUT2D eigenvalue weighted by atomic mass is 9.99. The number of nitrogens with one attached hydrogen (secondary N) is 1. The van der Waals surface area contributed by atoms with E-state index in [9.17, 15) is 14.7 Å². The number of aliphatic hydroxyl groups is 1. The van der Waals surface area contributed by atoms with Gasteiger partial charge in [0.05, 0.1) is 5.60 Å². The maximum atomic E-state index is 11.3. The maximum Gasteiger partial charge on any atom is 0.326 e. The Bertz CT molecular complexity index is 219. The summed E-state index contributed by atoms with van der Waals surface area (Å²) >= 11 is 0. The van der Waals surface area contributed by atoms with Crippen LogP contribution in [-0.2, 0) is 14.3 Å². The summed E-state index contributed by atoms with van der Waals surface area (Å²) in [5.41, 5.74) is -1.22. The molecule has 0 heterocycles. The Kier molecular flexibility index (Phi) is 4.73. The first kappa shape index (κ1) is 13.1. The molecule has 0 unspecified atom stereocenters. The molecule has 2 N–H and O–H groups in total. The minimum atomic E-state index is -1.22. The molecule has 82 valence electrons. The van der Waals surface area contributed by atoms with Crippen LogP contribution in [0.3, 0.4) is 0 Å². The Morgan fingerprint density at radius 3 is 2.29 bits per heavy atom. The number of hydrogen-bond acceptors (Lipinski definition) is 5. The number of rotatable bonds is 5. The third kappa shape index (κ3) is 4.34. The molecular weight excluding hydrogens is 186 g/mol. The van der Waals surface area contributed by atoms with Crippen LogP contribution in [0.2, 0.25) is 0 Å². The molecule has 0 aliphatic rings. The minimum Gasteiger partial charge on any atom is -0.456 e. The highest BCUT2D eigenvalue weighted by Crippen LogP contribution is 2.09. The lowest BCUT2D eigenvalue weighted by Crippen LogP contribution is -2.51. The first-order chi connectivity index (χ1) is 6.29. The molecule has 0 amide bonds. The van der Waals surface area contributed by atoms with Gasteiger partial charge in [-0.05, 0) is 27.8 Å². The third-order valence-electron chi connectivity index (χ3n) is 1.65. The number of Topliss-reactive ketones (excluding diaryl/α,β-unsaturated/α-hetero) is 1. The molecule has 0 aromatic rings. The van der Waals surface area contributed by atoms with Crippen LogP contribution < -0.4 is 5.32 Å². The second-order valence-electron chi connectivity index (χ2n) is 3.69. The molecule has 0 rings (SSSR count). The number of esters is 1. The predicted octanol–water partition coefficient (Wildman–Crippen LogP) is -0.523.